The largest absolute Gasteiger partial charge is 0.494 e. The van der Waals surface area contributed by atoms with Gasteiger partial charge in [0.2, 0.25) is 0 Å². The van der Waals surface area contributed by atoms with E-state index < -0.39 is 71.2 Å². The predicted molar refractivity (Wildman–Crippen MR) is 144 cm³/mol. The van der Waals surface area contributed by atoms with Crippen LogP contribution >= 0.6 is 0 Å². The molecule has 0 saturated carbocycles. The number of nitrogens with one attached hydrogen (secondary N) is 1. The summed E-state index contributed by atoms with van der Waals surface area (Å²) in [6.45, 7) is 2.27. The number of amides is 2. The second-order valence-corrected chi connectivity index (χ2v) is 10.2. The van der Waals surface area contributed by atoms with Crippen LogP contribution in [0.25, 0.3) is 0 Å². The van der Waals surface area contributed by atoms with Gasteiger partial charge in [-0.1, -0.05) is 42.5 Å². The van der Waals surface area contributed by atoms with E-state index in [-0.39, 0.29) is 30.2 Å². The second-order valence-electron chi connectivity index (χ2n) is 10.2. The summed E-state index contributed by atoms with van der Waals surface area (Å²) in [5.74, 6) is -6.64. The van der Waals surface area contributed by atoms with Crippen molar-refractivity contribution in [2.75, 3.05) is 13.7 Å². The molecule has 1 aliphatic heterocycles. The minimum absolute atomic E-state index is 0.0402. The number of urea groups is 1. The van der Waals surface area contributed by atoms with Crippen LogP contribution in [0.4, 0.5) is 35.5 Å². The van der Waals surface area contributed by atoms with E-state index in [1.807, 2.05) is 0 Å². The average Bonchev–Trinajstić information content (AvgIpc) is 3.28. The van der Waals surface area contributed by atoms with Crippen molar-refractivity contribution in [3.05, 3.63) is 113 Å². The predicted octanol–water partition coefficient (Wildman–Crippen LogP) is 7.04. The number of Topliss-reactive ketones (excluding diaryl/α,β-unsaturated/α-hetero) is 1. The van der Waals surface area contributed by atoms with Crippen molar-refractivity contribution >= 4 is 11.8 Å². The highest BCUT2D eigenvalue weighted by molar-refractivity contribution is 5.90. The van der Waals surface area contributed by atoms with Gasteiger partial charge in [0.15, 0.2) is 17.3 Å². The molecule has 2 atom stereocenters. The molecule has 0 bridgehead atoms. The number of halogens is 7. The van der Waals surface area contributed by atoms with Crippen LogP contribution < -0.4 is 10.1 Å². The van der Waals surface area contributed by atoms with Crippen LogP contribution in [0, 0.1) is 11.6 Å². The van der Waals surface area contributed by atoms with Crippen molar-refractivity contribution in [3.8, 4) is 5.75 Å². The lowest BCUT2D eigenvalue weighted by Crippen LogP contribution is -2.55. The van der Waals surface area contributed by atoms with Gasteiger partial charge in [0.1, 0.15) is 5.82 Å². The Labute approximate surface area is 242 Å². The van der Waals surface area contributed by atoms with Crippen molar-refractivity contribution in [2.24, 2.45) is 0 Å². The number of likely N-dealkylation sites (tertiary alicyclic amines) is 1. The smallest absolute Gasteiger partial charge is 0.416 e. The monoisotopic (exact) mass is 608 g/mol. The average molecular weight is 609 g/mol. The maximum Gasteiger partial charge on any atom is 0.416 e. The molecule has 228 valence electrons. The molecule has 0 aromatic heterocycles. The van der Waals surface area contributed by atoms with E-state index in [4.69, 9.17) is 4.74 Å². The third-order valence-electron chi connectivity index (χ3n) is 7.24. The summed E-state index contributed by atoms with van der Waals surface area (Å²) in [5, 5.41) is 2.56. The Balaban J connectivity index is 1.98. The molecule has 1 N–H and O–H groups in total. The molecule has 1 unspecified atom stereocenters. The van der Waals surface area contributed by atoms with E-state index in [0.717, 1.165) is 31.4 Å². The Morgan fingerprint density at radius 2 is 1.70 bits per heavy atom. The highest BCUT2D eigenvalue weighted by Crippen LogP contribution is 2.41. The van der Waals surface area contributed by atoms with Crippen molar-refractivity contribution in [2.45, 2.75) is 42.9 Å². The lowest BCUT2D eigenvalue weighted by molar-refractivity contribution is -0.137. The molecule has 3 aromatic rings. The number of allylic oxidation sites excluding steroid dienone is 1. The van der Waals surface area contributed by atoms with E-state index in [0.29, 0.717) is 16.5 Å². The number of ketones is 1. The van der Waals surface area contributed by atoms with Crippen molar-refractivity contribution in [3.63, 3.8) is 0 Å². The molecule has 5 nitrogen and oxygen atoms in total. The van der Waals surface area contributed by atoms with Crippen molar-refractivity contribution in [1.29, 1.82) is 0 Å². The first-order valence-electron chi connectivity index (χ1n) is 13.1. The highest BCUT2D eigenvalue weighted by atomic mass is 19.4. The first-order chi connectivity index (χ1) is 20.2. The number of methoxy groups -OCH3 is 1. The molecule has 1 heterocycles. The number of hydrogen-bond donors (Lipinski definition) is 1. The van der Waals surface area contributed by atoms with Crippen LogP contribution in [0.3, 0.4) is 0 Å². The second kappa shape index (κ2) is 12.1. The zero-order valence-corrected chi connectivity index (χ0v) is 22.9. The molecule has 0 aliphatic carbocycles. The summed E-state index contributed by atoms with van der Waals surface area (Å²) in [6, 6.07) is 10.2. The van der Waals surface area contributed by atoms with Gasteiger partial charge in [-0.15, -0.1) is 6.58 Å². The van der Waals surface area contributed by atoms with Gasteiger partial charge >= 0.3 is 12.2 Å². The number of nitrogens with zero attached hydrogens (tertiary/aromatic N) is 1. The molecule has 1 fully saturated rings. The Bertz CT molecular complexity index is 1510. The summed E-state index contributed by atoms with van der Waals surface area (Å²) in [5.41, 5.74) is -3.50. The van der Waals surface area contributed by atoms with Gasteiger partial charge in [0.05, 0.1) is 30.8 Å². The Morgan fingerprint density at radius 1 is 1.02 bits per heavy atom. The minimum Gasteiger partial charge on any atom is -0.494 e. The summed E-state index contributed by atoms with van der Waals surface area (Å²) in [6.07, 6.45) is -5.41. The van der Waals surface area contributed by atoms with Crippen LogP contribution in [0.15, 0.2) is 79.4 Å². The molecule has 0 spiro atoms. The molecule has 0 radical (unpaired) electrons. The Morgan fingerprint density at radius 3 is 2.33 bits per heavy atom. The van der Waals surface area contributed by atoms with Gasteiger partial charge in [-0.3, -0.25) is 4.79 Å². The maximum absolute atomic E-state index is 14.9. The van der Waals surface area contributed by atoms with Gasteiger partial charge in [-0.05, 0) is 47.0 Å². The molecule has 4 rings (SSSR count). The van der Waals surface area contributed by atoms with Crippen LogP contribution in [-0.4, -0.2) is 42.3 Å². The fraction of sp³-hybridized carbons (Fsp3) is 0.290. The SMILES string of the molecule is C=CCC(=O)C1CC(F)(F)CN1C(=O)N[C@@](Cc1ccccc1)(c1cc(F)cc(C(F)(F)F)c1)c1ccc(F)c(OC)c1. The summed E-state index contributed by atoms with van der Waals surface area (Å²) < 4.78 is 105. The molecular formula is C31H27F7N2O3. The van der Waals surface area contributed by atoms with Crippen LogP contribution in [0.2, 0.25) is 0 Å². The van der Waals surface area contributed by atoms with Crippen LogP contribution in [0.1, 0.15) is 35.1 Å². The number of rotatable bonds is 9. The third kappa shape index (κ3) is 6.84. The van der Waals surface area contributed by atoms with Gasteiger partial charge in [0, 0.05) is 19.3 Å². The quantitative estimate of drug-likeness (QED) is 0.209. The molecule has 1 aliphatic rings. The zero-order valence-electron chi connectivity index (χ0n) is 22.9. The lowest BCUT2D eigenvalue weighted by Gasteiger charge is -2.39. The van der Waals surface area contributed by atoms with E-state index in [1.165, 1.54) is 6.08 Å². The van der Waals surface area contributed by atoms with E-state index in [1.54, 1.807) is 30.3 Å². The lowest BCUT2D eigenvalue weighted by atomic mass is 9.77. The summed E-state index contributed by atoms with van der Waals surface area (Å²) in [7, 11) is 1.14. The van der Waals surface area contributed by atoms with E-state index in [2.05, 4.69) is 11.9 Å². The molecular weight excluding hydrogens is 581 g/mol. The number of hydrogen-bond acceptors (Lipinski definition) is 3. The number of ether oxygens (including phenoxy) is 1. The third-order valence-corrected chi connectivity index (χ3v) is 7.24. The summed E-state index contributed by atoms with van der Waals surface area (Å²) >= 11 is 0. The fourth-order valence-corrected chi connectivity index (χ4v) is 5.24. The van der Waals surface area contributed by atoms with Gasteiger partial charge in [0.25, 0.3) is 5.92 Å². The first kappa shape index (κ1) is 31.6. The van der Waals surface area contributed by atoms with E-state index >= 15 is 0 Å². The number of carbonyl (C=O) groups excluding carboxylic acids is 2. The number of alkyl halides is 5. The highest BCUT2D eigenvalue weighted by Gasteiger charge is 2.51. The molecule has 3 aromatic carbocycles. The van der Waals surface area contributed by atoms with Crippen molar-refractivity contribution < 1.29 is 45.1 Å². The fourth-order valence-electron chi connectivity index (χ4n) is 5.24. The van der Waals surface area contributed by atoms with Crippen molar-refractivity contribution in [1.82, 2.24) is 10.2 Å². The Hall–Kier alpha value is -4.35. The van der Waals surface area contributed by atoms with E-state index in [9.17, 15) is 40.3 Å². The maximum atomic E-state index is 14.9. The van der Waals surface area contributed by atoms with Crippen LogP contribution in [0.5, 0.6) is 5.75 Å². The minimum atomic E-state index is -5.00. The van der Waals surface area contributed by atoms with Crippen LogP contribution in [-0.2, 0) is 22.9 Å². The van der Waals surface area contributed by atoms with Gasteiger partial charge in [-0.25, -0.2) is 22.4 Å². The molecule has 2 amide bonds. The van der Waals surface area contributed by atoms with Gasteiger partial charge in [-0.2, -0.15) is 13.2 Å². The molecule has 1 saturated heterocycles. The molecule has 12 heteroatoms. The molecule has 43 heavy (non-hydrogen) atoms. The van der Waals surface area contributed by atoms with Gasteiger partial charge < -0.3 is 15.0 Å². The number of carbonyl (C=O) groups is 2. The standard InChI is InChI=1S/C31H27F7N2O3/c1-3-7-26(41)25-17-29(34,35)18-40(25)28(42)39-30(16-19-8-5-4-6-9-19,20-10-11-24(33)27(15-20)43-2)21-12-22(31(36,37)38)14-23(32)13-21/h3-6,8-15,25H,1,7,16-18H2,2H3,(H,39,42)/t25?,30-/m1/s1. The normalized spacial score (nSPS) is 17.7. The topological polar surface area (TPSA) is 58.6 Å². The Kier molecular flexibility index (Phi) is 8.89. The number of benzene rings is 3. The summed E-state index contributed by atoms with van der Waals surface area (Å²) in [4.78, 5) is 27.2. The zero-order chi connectivity index (χ0) is 31.6. The first-order valence-corrected chi connectivity index (χ1v) is 13.1.